The van der Waals surface area contributed by atoms with Gasteiger partial charge < -0.3 is 14.7 Å². The molecule has 1 N–H and O–H groups in total. The Balaban J connectivity index is 1.95. The number of hydrogen-bond donors (Lipinski definition) is 1. The molecule has 3 unspecified atom stereocenters. The van der Waals surface area contributed by atoms with Gasteiger partial charge in [0, 0.05) is 13.1 Å². The van der Waals surface area contributed by atoms with Crippen LogP contribution >= 0.6 is 0 Å². The van der Waals surface area contributed by atoms with Crippen LogP contribution in [-0.4, -0.2) is 41.2 Å². The molecule has 0 aromatic heterocycles. The molecule has 1 fully saturated rings. The zero-order valence-electron chi connectivity index (χ0n) is 12.4. The molecule has 0 saturated carbocycles. The first-order chi connectivity index (χ1) is 9.47. The van der Waals surface area contributed by atoms with Crippen molar-refractivity contribution < 1.29 is 14.6 Å². The maximum absolute atomic E-state index is 12.3. The number of β-amino-alcohol motifs (C(OH)–C–C–N with tert-alkyl or cyclic N) is 1. The maximum Gasteiger partial charge on any atom is 0.263 e. The summed E-state index contributed by atoms with van der Waals surface area (Å²) in [4.78, 5) is 14.0. The first kappa shape index (κ1) is 14.9. The van der Waals surface area contributed by atoms with E-state index < -0.39 is 12.2 Å². The average Bonchev–Trinajstić information content (AvgIpc) is 2.41. The standard InChI is InChI=1S/C16H23NO3/c1-11-5-4-6-14(9-11)20-13(3)16(19)17-8-7-12(2)15(18)10-17/h4-6,9,12-13,15,18H,7-8,10H2,1-3H3. The zero-order chi connectivity index (χ0) is 14.7. The number of aliphatic hydroxyl groups is 1. The summed E-state index contributed by atoms with van der Waals surface area (Å²) in [5, 5.41) is 9.87. The van der Waals surface area contributed by atoms with E-state index in [2.05, 4.69) is 0 Å². The molecule has 1 saturated heterocycles. The van der Waals surface area contributed by atoms with Crippen molar-refractivity contribution in [1.82, 2.24) is 4.90 Å². The molecule has 1 aromatic carbocycles. The fourth-order valence-electron chi connectivity index (χ4n) is 2.45. The number of ether oxygens (including phenoxy) is 1. The van der Waals surface area contributed by atoms with E-state index in [1.54, 1.807) is 11.8 Å². The molecule has 1 aliphatic rings. The molecular formula is C16H23NO3. The van der Waals surface area contributed by atoms with E-state index in [0.29, 0.717) is 18.8 Å². The van der Waals surface area contributed by atoms with Gasteiger partial charge in [-0.25, -0.2) is 0 Å². The monoisotopic (exact) mass is 277 g/mol. The van der Waals surface area contributed by atoms with Gasteiger partial charge in [0.1, 0.15) is 5.75 Å². The van der Waals surface area contributed by atoms with Crippen molar-refractivity contribution in [2.75, 3.05) is 13.1 Å². The number of aliphatic hydroxyl groups excluding tert-OH is 1. The summed E-state index contributed by atoms with van der Waals surface area (Å²) in [6.07, 6.45) is -0.124. The number of piperidine rings is 1. The van der Waals surface area contributed by atoms with Crippen LogP contribution in [0.5, 0.6) is 5.75 Å². The van der Waals surface area contributed by atoms with E-state index in [4.69, 9.17) is 4.74 Å². The Morgan fingerprint density at radius 3 is 2.90 bits per heavy atom. The predicted molar refractivity (Wildman–Crippen MR) is 77.6 cm³/mol. The molecule has 1 aromatic rings. The van der Waals surface area contributed by atoms with Crippen LogP contribution in [0, 0.1) is 12.8 Å². The van der Waals surface area contributed by atoms with Crippen molar-refractivity contribution in [1.29, 1.82) is 0 Å². The number of hydrogen-bond acceptors (Lipinski definition) is 3. The van der Waals surface area contributed by atoms with Gasteiger partial charge in [-0.1, -0.05) is 19.1 Å². The second kappa shape index (κ2) is 6.27. The van der Waals surface area contributed by atoms with Crippen LogP contribution < -0.4 is 4.74 Å². The molecule has 3 atom stereocenters. The lowest BCUT2D eigenvalue weighted by molar-refractivity contribution is -0.142. The first-order valence-electron chi connectivity index (χ1n) is 7.17. The van der Waals surface area contributed by atoms with Crippen LogP contribution in [0.4, 0.5) is 0 Å². The molecule has 1 heterocycles. The van der Waals surface area contributed by atoms with Gasteiger partial charge in [0.05, 0.1) is 6.10 Å². The van der Waals surface area contributed by atoms with E-state index in [1.807, 2.05) is 38.1 Å². The Morgan fingerprint density at radius 2 is 2.25 bits per heavy atom. The predicted octanol–water partition coefficient (Wildman–Crippen LogP) is 1.99. The van der Waals surface area contributed by atoms with Crippen LogP contribution in [0.15, 0.2) is 24.3 Å². The van der Waals surface area contributed by atoms with E-state index in [-0.39, 0.29) is 11.8 Å². The molecule has 1 aliphatic heterocycles. The number of carbonyl (C=O) groups excluding carboxylic acids is 1. The van der Waals surface area contributed by atoms with Gasteiger partial charge in [-0.3, -0.25) is 4.79 Å². The van der Waals surface area contributed by atoms with Crippen LogP contribution in [-0.2, 0) is 4.79 Å². The Hall–Kier alpha value is -1.55. The van der Waals surface area contributed by atoms with Gasteiger partial charge in [0.15, 0.2) is 6.10 Å². The van der Waals surface area contributed by atoms with E-state index in [0.717, 1.165) is 12.0 Å². The van der Waals surface area contributed by atoms with Gasteiger partial charge in [-0.2, -0.15) is 0 Å². The van der Waals surface area contributed by atoms with Gasteiger partial charge in [0.2, 0.25) is 0 Å². The highest BCUT2D eigenvalue weighted by molar-refractivity contribution is 5.81. The van der Waals surface area contributed by atoms with Crippen molar-refractivity contribution in [3.8, 4) is 5.75 Å². The molecule has 110 valence electrons. The molecule has 0 aliphatic carbocycles. The first-order valence-corrected chi connectivity index (χ1v) is 7.17. The Bertz CT molecular complexity index is 475. The highest BCUT2D eigenvalue weighted by Gasteiger charge is 2.30. The third-order valence-corrected chi connectivity index (χ3v) is 3.88. The number of likely N-dealkylation sites (tertiary alicyclic amines) is 1. The largest absolute Gasteiger partial charge is 0.481 e. The second-order valence-corrected chi connectivity index (χ2v) is 5.69. The fourth-order valence-corrected chi connectivity index (χ4v) is 2.45. The summed E-state index contributed by atoms with van der Waals surface area (Å²) >= 11 is 0. The maximum atomic E-state index is 12.3. The topological polar surface area (TPSA) is 49.8 Å². The van der Waals surface area contributed by atoms with Crippen molar-refractivity contribution in [3.05, 3.63) is 29.8 Å². The third-order valence-electron chi connectivity index (χ3n) is 3.88. The van der Waals surface area contributed by atoms with Crippen molar-refractivity contribution in [2.24, 2.45) is 5.92 Å². The van der Waals surface area contributed by atoms with Crippen LogP contribution in [0.25, 0.3) is 0 Å². The fraction of sp³-hybridized carbons (Fsp3) is 0.562. The molecule has 4 heteroatoms. The summed E-state index contributed by atoms with van der Waals surface area (Å²) in [6.45, 7) is 6.86. The summed E-state index contributed by atoms with van der Waals surface area (Å²) in [7, 11) is 0. The van der Waals surface area contributed by atoms with Crippen molar-refractivity contribution in [3.63, 3.8) is 0 Å². The number of aryl methyl sites for hydroxylation is 1. The molecule has 20 heavy (non-hydrogen) atoms. The number of carbonyl (C=O) groups is 1. The average molecular weight is 277 g/mol. The summed E-state index contributed by atoms with van der Waals surface area (Å²) in [6, 6.07) is 7.66. The lowest BCUT2D eigenvalue weighted by atomic mass is 9.96. The quantitative estimate of drug-likeness (QED) is 0.919. The van der Waals surface area contributed by atoms with Crippen LogP contribution in [0.3, 0.4) is 0 Å². The second-order valence-electron chi connectivity index (χ2n) is 5.69. The van der Waals surface area contributed by atoms with Gasteiger partial charge >= 0.3 is 0 Å². The number of nitrogens with zero attached hydrogens (tertiary/aromatic N) is 1. The number of amides is 1. The molecule has 0 bridgehead atoms. The molecule has 0 spiro atoms. The summed E-state index contributed by atoms with van der Waals surface area (Å²) in [5.74, 6) is 0.904. The lowest BCUT2D eigenvalue weighted by Crippen LogP contribution is -2.49. The molecule has 0 radical (unpaired) electrons. The third kappa shape index (κ3) is 3.51. The Labute approximate surface area is 120 Å². The normalized spacial score (nSPS) is 24.3. The van der Waals surface area contributed by atoms with E-state index in [1.165, 1.54) is 0 Å². The SMILES string of the molecule is Cc1cccc(OC(C)C(=O)N2CCC(C)C(O)C2)c1. The van der Waals surface area contributed by atoms with Crippen LogP contribution in [0.1, 0.15) is 25.8 Å². The minimum absolute atomic E-state index is 0.0579. The van der Waals surface area contributed by atoms with E-state index in [9.17, 15) is 9.90 Å². The highest BCUT2D eigenvalue weighted by atomic mass is 16.5. The van der Waals surface area contributed by atoms with Crippen LogP contribution in [0.2, 0.25) is 0 Å². The number of benzene rings is 1. The lowest BCUT2D eigenvalue weighted by Gasteiger charge is -2.35. The van der Waals surface area contributed by atoms with Crippen molar-refractivity contribution in [2.45, 2.75) is 39.4 Å². The zero-order valence-corrected chi connectivity index (χ0v) is 12.4. The summed E-state index contributed by atoms with van der Waals surface area (Å²) in [5.41, 5.74) is 1.10. The van der Waals surface area contributed by atoms with Gasteiger partial charge in [-0.15, -0.1) is 0 Å². The van der Waals surface area contributed by atoms with E-state index >= 15 is 0 Å². The smallest absolute Gasteiger partial charge is 0.263 e. The Kier molecular flexibility index (Phi) is 4.65. The molecular weight excluding hydrogens is 254 g/mol. The highest BCUT2D eigenvalue weighted by Crippen LogP contribution is 2.19. The van der Waals surface area contributed by atoms with Gasteiger partial charge in [0.25, 0.3) is 5.91 Å². The number of rotatable bonds is 3. The Morgan fingerprint density at radius 1 is 1.50 bits per heavy atom. The van der Waals surface area contributed by atoms with Crippen molar-refractivity contribution >= 4 is 5.91 Å². The summed E-state index contributed by atoms with van der Waals surface area (Å²) < 4.78 is 5.70. The molecule has 2 rings (SSSR count). The molecule has 1 amide bonds. The molecule has 4 nitrogen and oxygen atoms in total. The minimum atomic E-state index is -0.530. The minimum Gasteiger partial charge on any atom is -0.481 e. The van der Waals surface area contributed by atoms with Gasteiger partial charge in [-0.05, 0) is 43.9 Å².